The average Bonchev–Trinajstić information content (AvgIpc) is 3.29. The van der Waals surface area contributed by atoms with Crippen LogP contribution in [-0.4, -0.2) is 17.0 Å². The highest BCUT2D eigenvalue weighted by Crippen LogP contribution is 2.69. The minimum Gasteiger partial charge on any atom is -0.390 e. The molecule has 0 aromatic carbocycles. The molecule has 0 aromatic heterocycles. The molecule has 24 heavy (non-hydrogen) atoms. The van der Waals surface area contributed by atoms with Gasteiger partial charge < -0.3 is 9.90 Å². The lowest BCUT2D eigenvalue weighted by Crippen LogP contribution is -2.54. The van der Waals surface area contributed by atoms with Crippen LogP contribution in [0.1, 0.15) is 71.6 Å². The molecular weight excluding hydrogens is 296 g/mol. The smallest absolute Gasteiger partial charge is 0.123 e. The predicted molar refractivity (Wildman–Crippen MR) is 94.3 cm³/mol. The molecule has 0 aromatic rings. The second kappa shape index (κ2) is 5.09. The van der Waals surface area contributed by atoms with Crippen molar-refractivity contribution >= 4 is 6.29 Å². The largest absolute Gasteiger partial charge is 0.390 e. The minimum absolute atomic E-state index is 0.299. The Kier molecular flexibility index (Phi) is 3.36. The molecule has 10 atom stereocenters. The molecule has 0 bridgehead atoms. The molecule has 0 radical (unpaired) electrons. The molecule has 2 heteroatoms. The van der Waals surface area contributed by atoms with Crippen LogP contribution >= 0.6 is 0 Å². The summed E-state index contributed by atoms with van der Waals surface area (Å²) in [5.41, 5.74) is -0.112. The summed E-state index contributed by atoms with van der Waals surface area (Å²) in [6.45, 7) is 4.52. The van der Waals surface area contributed by atoms with Crippen molar-refractivity contribution in [3.8, 4) is 0 Å². The highest BCUT2D eigenvalue weighted by Gasteiger charge is 2.63. The van der Waals surface area contributed by atoms with Gasteiger partial charge in [-0.1, -0.05) is 6.92 Å². The van der Waals surface area contributed by atoms with Gasteiger partial charge in [0.2, 0.25) is 0 Å². The Morgan fingerprint density at radius 3 is 2.46 bits per heavy atom. The molecule has 0 spiro atoms. The van der Waals surface area contributed by atoms with Crippen molar-refractivity contribution in [2.75, 3.05) is 0 Å². The molecule has 5 saturated carbocycles. The Morgan fingerprint density at radius 2 is 1.67 bits per heavy atom. The van der Waals surface area contributed by atoms with Crippen LogP contribution in [0.15, 0.2) is 0 Å². The van der Waals surface area contributed by atoms with E-state index in [0.717, 1.165) is 54.3 Å². The minimum atomic E-state index is -0.411. The van der Waals surface area contributed by atoms with Gasteiger partial charge in [0.05, 0.1) is 5.60 Å². The van der Waals surface area contributed by atoms with Crippen molar-refractivity contribution in [3.63, 3.8) is 0 Å². The molecule has 5 fully saturated rings. The zero-order chi connectivity index (χ0) is 16.7. The van der Waals surface area contributed by atoms with Crippen LogP contribution in [0.25, 0.3) is 0 Å². The highest BCUT2D eigenvalue weighted by atomic mass is 16.3. The lowest BCUT2D eigenvalue weighted by atomic mass is 9.45. The third-order valence-corrected chi connectivity index (χ3v) is 9.58. The summed E-state index contributed by atoms with van der Waals surface area (Å²) in [6, 6.07) is 0. The van der Waals surface area contributed by atoms with E-state index in [0.29, 0.717) is 11.3 Å². The number of rotatable bonds is 1. The Bertz CT molecular complexity index is 540. The molecular formula is C22H34O2. The summed E-state index contributed by atoms with van der Waals surface area (Å²) in [6.07, 6.45) is 12.7. The van der Waals surface area contributed by atoms with Crippen LogP contribution < -0.4 is 0 Å². The van der Waals surface area contributed by atoms with Gasteiger partial charge in [-0.05, 0) is 112 Å². The third kappa shape index (κ3) is 2.14. The number of hydrogen-bond acceptors (Lipinski definition) is 2. The van der Waals surface area contributed by atoms with Crippen molar-refractivity contribution in [2.24, 2.45) is 52.8 Å². The van der Waals surface area contributed by atoms with Gasteiger partial charge in [-0.25, -0.2) is 0 Å². The van der Waals surface area contributed by atoms with Gasteiger partial charge >= 0.3 is 0 Å². The maximum Gasteiger partial charge on any atom is 0.123 e. The molecule has 0 saturated heterocycles. The lowest BCUT2D eigenvalue weighted by molar-refractivity contribution is -0.140. The van der Waals surface area contributed by atoms with E-state index in [4.69, 9.17) is 0 Å². The molecule has 0 amide bonds. The van der Waals surface area contributed by atoms with E-state index >= 15 is 0 Å². The number of aliphatic hydroxyl groups is 1. The Labute approximate surface area is 146 Å². The number of aldehydes is 1. The monoisotopic (exact) mass is 330 g/mol. The van der Waals surface area contributed by atoms with E-state index in [2.05, 4.69) is 13.8 Å². The van der Waals surface area contributed by atoms with E-state index in [1.165, 1.54) is 51.2 Å². The third-order valence-electron chi connectivity index (χ3n) is 9.58. The summed E-state index contributed by atoms with van der Waals surface area (Å²) >= 11 is 0. The first-order chi connectivity index (χ1) is 11.4. The fourth-order valence-corrected chi connectivity index (χ4v) is 8.34. The van der Waals surface area contributed by atoms with Gasteiger partial charge in [0.15, 0.2) is 0 Å². The van der Waals surface area contributed by atoms with Crippen LogP contribution in [0.4, 0.5) is 0 Å². The highest BCUT2D eigenvalue weighted by molar-refractivity contribution is 5.57. The quantitative estimate of drug-likeness (QED) is 0.721. The molecule has 5 aliphatic rings. The second-order valence-electron chi connectivity index (χ2n) is 10.8. The molecule has 1 unspecified atom stereocenters. The zero-order valence-corrected chi connectivity index (χ0v) is 15.4. The van der Waals surface area contributed by atoms with Gasteiger partial charge in [-0.15, -0.1) is 0 Å². The zero-order valence-electron chi connectivity index (χ0n) is 15.4. The van der Waals surface area contributed by atoms with E-state index in [9.17, 15) is 9.90 Å². The van der Waals surface area contributed by atoms with Gasteiger partial charge in [-0.3, -0.25) is 0 Å². The standard InChI is InChI=1S/C22H34O2/c1-21(24)7-5-15-13(11-21)3-4-17-16(15)6-8-22(2)19(17)10-14-9-18(14)20(22)12-23/h12-20,24H,3-11H2,1-2H3/t13-,14+,15+,16-,17-,18+,19+,20?,21-,22+/m1/s1. The molecule has 5 rings (SSSR count). The van der Waals surface area contributed by atoms with Crippen LogP contribution in [0.5, 0.6) is 0 Å². The van der Waals surface area contributed by atoms with Crippen LogP contribution in [0.3, 0.4) is 0 Å². The van der Waals surface area contributed by atoms with E-state index in [1.807, 2.05) is 0 Å². The van der Waals surface area contributed by atoms with Crippen molar-refractivity contribution in [1.82, 2.24) is 0 Å². The summed E-state index contributed by atoms with van der Waals surface area (Å²) in [5.74, 6) is 6.16. The molecule has 0 aliphatic heterocycles. The summed E-state index contributed by atoms with van der Waals surface area (Å²) in [4.78, 5) is 11.9. The van der Waals surface area contributed by atoms with Crippen LogP contribution in [0.2, 0.25) is 0 Å². The SMILES string of the molecule is C[C@@]1(O)CC[C@H]2[C@H](CC[C@@H]3[C@@H]2CC[C@]2(C)C(C=O)[C@H]4C[C@H]4C[C@@H]32)C1. The van der Waals surface area contributed by atoms with Crippen molar-refractivity contribution in [2.45, 2.75) is 77.2 Å². The van der Waals surface area contributed by atoms with E-state index in [-0.39, 0.29) is 0 Å². The topological polar surface area (TPSA) is 37.3 Å². The number of hydrogen-bond donors (Lipinski definition) is 1. The molecule has 134 valence electrons. The van der Waals surface area contributed by atoms with E-state index < -0.39 is 5.60 Å². The van der Waals surface area contributed by atoms with Gasteiger partial charge in [0, 0.05) is 5.92 Å². The first kappa shape index (κ1) is 15.9. The van der Waals surface area contributed by atoms with Crippen LogP contribution in [0, 0.1) is 52.8 Å². The number of carbonyl (C=O) groups excluding carboxylic acids is 1. The predicted octanol–water partition coefficient (Wildman–Crippen LogP) is 4.45. The fourth-order valence-electron chi connectivity index (χ4n) is 8.34. The second-order valence-corrected chi connectivity index (χ2v) is 10.8. The first-order valence-corrected chi connectivity index (χ1v) is 10.6. The van der Waals surface area contributed by atoms with Gasteiger partial charge in [-0.2, -0.15) is 0 Å². The number of fused-ring (bicyclic) bond motifs is 6. The Balaban J connectivity index is 1.41. The molecule has 2 nitrogen and oxygen atoms in total. The average molecular weight is 331 g/mol. The van der Waals surface area contributed by atoms with Gasteiger partial charge in [0.25, 0.3) is 0 Å². The maximum absolute atomic E-state index is 11.9. The van der Waals surface area contributed by atoms with Crippen molar-refractivity contribution in [1.29, 1.82) is 0 Å². The first-order valence-electron chi connectivity index (χ1n) is 10.6. The normalized spacial score (nSPS) is 61.8. The van der Waals surface area contributed by atoms with E-state index in [1.54, 1.807) is 0 Å². The lowest BCUT2D eigenvalue weighted by Gasteiger charge is -2.60. The Hall–Kier alpha value is -0.370. The van der Waals surface area contributed by atoms with Crippen molar-refractivity contribution in [3.05, 3.63) is 0 Å². The molecule has 5 aliphatic carbocycles. The Morgan fingerprint density at radius 1 is 0.875 bits per heavy atom. The molecule has 1 N–H and O–H groups in total. The van der Waals surface area contributed by atoms with Gasteiger partial charge in [0.1, 0.15) is 6.29 Å². The molecule has 0 heterocycles. The summed E-state index contributed by atoms with van der Waals surface area (Å²) in [7, 11) is 0. The summed E-state index contributed by atoms with van der Waals surface area (Å²) < 4.78 is 0. The summed E-state index contributed by atoms with van der Waals surface area (Å²) in [5, 5.41) is 10.5. The maximum atomic E-state index is 11.9. The number of carbonyl (C=O) groups is 1. The fraction of sp³-hybridized carbons (Fsp3) is 0.955. The van der Waals surface area contributed by atoms with Crippen molar-refractivity contribution < 1.29 is 9.90 Å². The van der Waals surface area contributed by atoms with Crippen LogP contribution in [-0.2, 0) is 4.79 Å².